The van der Waals surface area contributed by atoms with E-state index in [4.69, 9.17) is 16.3 Å². The molecule has 1 aromatic rings. The molecule has 0 radical (unpaired) electrons. The largest absolute Gasteiger partial charge is 0.397 e. The molecule has 0 spiro atoms. The molecule has 2 N–H and O–H groups in total. The van der Waals surface area contributed by atoms with Crippen molar-refractivity contribution in [3.05, 3.63) is 17.8 Å². The number of aromatic nitrogens is 1. The topological polar surface area (TPSA) is 89.7 Å². The zero-order valence-corrected chi connectivity index (χ0v) is 10.0. The van der Waals surface area contributed by atoms with Gasteiger partial charge in [-0.05, 0) is 19.9 Å². The molecule has 88 valence electrons. The third kappa shape index (κ3) is 3.09. The highest BCUT2D eigenvalue weighted by molar-refractivity contribution is 5.59. The van der Waals surface area contributed by atoms with Gasteiger partial charge in [-0.2, -0.15) is 10.5 Å². The Bertz CT molecular complexity index is 467. The second-order valence-electron chi connectivity index (χ2n) is 3.95. The minimum absolute atomic E-state index is 0.173. The van der Waals surface area contributed by atoms with Crippen molar-refractivity contribution in [2.75, 3.05) is 17.2 Å². The fourth-order valence-corrected chi connectivity index (χ4v) is 1.56. The minimum atomic E-state index is 0.173. The Kier molecular flexibility index (Phi) is 4.30. The van der Waals surface area contributed by atoms with Crippen LogP contribution < -0.4 is 10.6 Å². The van der Waals surface area contributed by atoms with E-state index in [-0.39, 0.29) is 6.04 Å². The average Bonchev–Trinajstić information content (AvgIpc) is 2.30. The van der Waals surface area contributed by atoms with Crippen LogP contribution in [-0.4, -0.2) is 17.6 Å². The lowest BCUT2D eigenvalue weighted by Crippen LogP contribution is -2.33. The summed E-state index contributed by atoms with van der Waals surface area (Å²) in [6, 6.07) is 5.95. The van der Waals surface area contributed by atoms with E-state index in [1.807, 2.05) is 18.7 Å². The van der Waals surface area contributed by atoms with Crippen LogP contribution in [0.15, 0.2) is 12.3 Å². The third-order valence-corrected chi connectivity index (χ3v) is 2.37. The lowest BCUT2D eigenvalue weighted by molar-refractivity contribution is 0.676. The summed E-state index contributed by atoms with van der Waals surface area (Å²) in [6.45, 7) is 4.55. The molecule has 0 aliphatic carbocycles. The van der Waals surface area contributed by atoms with Gasteiger partial charge in [0.15, 0.2) is 0 Å². The van der Waals surface area contributed by atoms with Crippen LogP contribution in [-0.2, 0) is 0 Å². The van der Waals surface area contributed by atoms with Gasteiger partial charge in [0, 0.05) is 12.6 Å². The first-order valence-corrected chi connectivity index (χ1v) is 5.39. The number of hydrogen-bond acceptors (Lipinski definition) is 5. The van der Waals surface area contributed by atoms with Gasteiger partial charge in [-0.25, -0.2) is 4.98 Å². The molecule has 0 aromatic carbocycles. The molecule has 17 heavy (non-hydrogen) atoms. The number of nitrogens with zero attached hydrogens (tertiary/aromatic N) is 4. The fourth-order valence-electron chi connectivity index (χ4n) is 1.56. The number of nitriles is 2. The first kappa shape index (κ1) is 12.8. The van der Waals surface area contributed by atoms with Crippen molar-refractivity contribution in [3.8, 4) is 12.1 Å². The number of pyridine rings is 1. The molecule has 1 rings (SSSR count). The van der Waals surface area contributed by atoms with Crippen molar-refractivity contribution < 1.29 is 0 Å². The Morgan fingerprint density at radius 1 is 1.47 bits per heavy atom. The van der Waals surface area contributed by atoms with E-state index in [0.717, 1.165) is 0 Å². The molecule has 0 aliphatic heterocycles. The van der Waals surface area contributed by atoms with Crippen LogP contribution in [0.1, 0.15) is 25.8 Å². The molecule has 5 nitrogen and oxygen atoms in total. The maximum Gasteiger partial charge on any atom is 0.146 e. The summed E-state index contributed by atoms with van der Waals surface area (Å²) in [5.41, 5.74) is 6.50. The fraction of sp³-hybridized carbons (Fsp3) is 0.417. The van der Waals surface area contributed by atoms with Gasteiger partial charge in [0.2, 0.25) is 0 Å². The van der Waals surface area contributed by atoms with Gasteiger partial charge in [-0.1, -0.05) is 0 Å². The molecule has 0 saturated heterocycles. The summed E-state index contributed by atoms with van der Waals surface area (Å²) < 4.78 is 0. The smallest absolute Gasteiger partial charge is 0.146 e. The van der Waals surface area contributed by atoms with Gasteiger partial charge < -0.3 is 10.6 Å². The van der Waals surface area contributed by atoms with Crippen LogP contribution in [0.25, 0.3) is 0 Å². The molecule has 0 atom stereocenters. The van der Waals surface area contributed by atoms with Crippen LogP contribution in [0.2, 0.25) is 0 Å². The zero-order chi connectivity index (χ0) is 12.8. The van der Waals surface area contributed by atoms with Crippen molar-refractivity contribution in [3.63, 3.8) is 0 Å². The molecular formula is C12H15N5. The van der Waals surface area contributed by atoms with E-state index in [2.05, 4.69) is 17.1 Å². The Balaban J connectivity index is 3.11. The quantitative estimate of drug-likeness (QED) is 0.848. The van der Waals surface area contributed by atoms with Gasteiger partial charge in [0.1, 0.15) is 11.9 Å². The predicted molar refractivity (Wildman–Crippen MR) is 66.1 cm³/mol. The second kappa shape index (κ2) is 5.72. The van der Waals surface area contributed by atoms with Crippen LogP contribution in [0, 0.1) is 22.7 Å². The lowest BCUT2D eigenvalue weighted by atomic mass is 10.2. The summed E-state index contributed by atoms with van der Waals surface area (Å²) >= 11 is 0. The molecule has 0 unspecified atom stereocenters. The molecule has 0 saturated carbocycles. The van der Waals surface area contributed by atoms with E-state index >= 15 is 0 Å². The van der Waals surface area contributed by atoms with Crippen molar-refractivity contribution >= 4 is 11.5 Å². The van der Waals surface area contributed by atoms with Gasteiger partial charge in [0.05, 0.1) is 29.9 Å². The highest BCUT2D eigenvalue weighted by Gasteiger charge is 2.15. The first-order valence-electron chi connectivity index (χ1n) is 5.39. The van der Waals surface area contributed by atoms with E-state index in [1.165, 1.54) is 6.20 Å². The van der Waals surface area contributed by atoms with Crippen LogP contribution >= 0.6 is 0 Å². The summed E-state index contributed by atoms with van der Waals surface area (Å²) in [7, 11) is 0. The number of nitrogens with two attached hydrogens (primary N) is 1. The van der Waals surface area contributed by atoms with Gasteiger partial charge >= 0.3 is 0 Å². The lowest BCUT2D eigenvalue weighted by Gasteiger charge is -2.27. The molecule has 1 aromatic heterocycles. The zero-order valence-electron chi connectivity index (χ0n) is 10.0. The highest BCUT2D eigenvalue weighted by Crippen LogP contribution is 2.21. The summed E-state index contributed by atoms with van der Waals surface area (Å²) in [5.74, 6) is 0.590. The van der Waals surface area contributed by atoms with E-state index in [0.29, 0.717) is 30.0 Å². The number of rotatable bonds is 4. The van der Waals surface area contributed by atoms with E-state index in [1.54, 1.807) is 6.07 Å². The predicted octanol–water partition coefficient (Wildman–Crippen LogP) is 1.66. The summed E-state index contributed by atoms with van der Waals surface area (Å²) in [6.07, 6.45) is 1.92. The first-order chi connectivity index (χ1) is 8.10. The molecule has 0 amide bonds. The maximum absolute atomic E-state index is 9.06. The molecular weight excluding hydrogens is 214 g/mol. The Morgan fingerprint density at radius 2 is 2.18 bits per heavy atom. The monoisotopic (exact) mass is 229 g/mol. The van der Waals surface area contributed by atoms with Gasteiger partial charge in [-0.3, -0.25) is 0 Å². The average molecular weight is 229 g/mol. The molecule has 0 aliphatic rings. The summed E-state index contributed by atoms with van der Waals surface area (Å²) in [4.78, 5) is 6.12. The number of anilines is 2. The van der Waals surface area contributed by atoms with Crippen molar-refractivity contribution in [2.45, 2.75) is 26.3 Å². The minimum Gasteiger partial charge on any atom is -0.397 e. The molecule has 0 bridgehead atoms. The number of hydrogen-bond donors (Lipinski definition) is 1. The second-order valence-corrected chi connectivity index (χ2v) is 3.95. The van der Waals surface area contributed by atoms with E-state index < -0.39 is 0 Å². The van der Waals surface area contributed by atoms with Crippen molar-refractivity contribution in [2.24, 2.45) is 0 Å². The van der Waals surface area contributed by atoms with Crippen LogP contribution in [0.4, 0.5) is 11.5 Å². The molecule has 5 heteroatoms. The SMILES string of the molecule is CC(C)N(CCC#N)c1ncc(N)cc1C#N. The number of nitrogen functional groups attached to an aromatic ring is 1. The van der Waals surface area contributed by atoms with Crippen LogP contribution in [0.5, 0.6) is 0 Å². The molecule has 0 fully saturated rings. The maximum atomic E-state index is 9.06. The summed E-state index contributed by atoms with van der Waals surface area (Å²) in [5, 5.41) is 17.7. The molecule has 1 heterocycles. The van der Waals surface area contributed by atoms with Gasteiger partial charge in [0.25, 0.3) is 0 Å². The van der Waals surface area contributed by atoms with Crippen molar-refractivity contribution in [1.82, 2.24) is 4.98 Å². The standard InChI is InChI=1S/C12H15N5/c1-9(2)17(5-3-4-13)12-10(7-14)6-11(15)8-16-12/h6,8-9H,3,5,15H2,1-2H3. The van der Waals surface area contributed by atoms with Gasteiger partial charge in [-0.15, -0.1) is 0 Å². The third-order valence-electron chi connectivity index (χ3n) is 2.37. The Morgan fingerprint density at radius 3 is 2.71 bits per heavy atom. The Labute approximate surface area is 101 Å². The highest BCUT2D eigenvalue weighted by atomic mass is 15.2. The van der Waals surface area contributed by atoms with E-state index in [9.17, 15) is 0 Å². The normalized spacial score (nSPS) is 9.71. The van der Waals surface area contributed by atoms with Crippen molar-refractivity contribution in [1.29, 1.82) is 10.5 Å². The Hall–Kier alpha value is -2.27. The van der Waals surface area contributed by atoms with Crippen LogP contribution in [0.3, 0.4) is 0 Å².